The van der Waals surface area contributed by atoms with Gasteiger partial charge in [0.15, 0.2) is 0 Å². The number of hydrogen-bond donors (Lipinski definition) is 0. The number of carbonyl (C=O) groups is 2. The zero-order chi connectivity index (χ0) is 11.5. The van der Waals surface area contributed by atoms with E-state index < -0.39 is 6.09 Å². The number of ether oxygens (including phenoxy) is 1. The fourth-order valence-corrected chi connectivity index (χ4v) is 2.61. The molecule has 0 N–H and O–H groups in total. The van der Waals surface area contributed by atoms with Crippen molar-refractivity contribution in [3.05, 3.63) is 0 Å². The van der Waals surface area contributed by atoms with Crippen LogP contribution >= 0.6 is 0 Å². The molecule has 90 valence electrons. The SMILES string of the molecule is CC1COC(=O)N1C(=O)CCC1CCCC1. The van der Waals surface area contributed by atoms with E-state index in [0.717, 1.165) is 6.42 Å². The molecule has 0 spiro atoms. The van der Waals surface area contributed by atoms with Crippen molar-refractivity contribution in [2.75, 3.05) is 6.61 Å². The maximum atomic E-state index is 11.8. The minimum absolute atomic E-state index is 0.0677. The second-order valence-electron chi connectivity index (χ2n) is 4.88. The normalized spacial score (nSPS) is 26.2. The number of rotatable bonds is 3. The molecule has 1 aliphatic heterocycles. The Bertz CT molecular complexity index is 284. The molecular formula is C12H19NO3. The quantitative estimate of drug-likeness (QED) is 0.740. The molecule has 0 aromatic carbocycles. The van der Waals surface area contributed by atoms with E-state index in [4.69, 9.17) is 4.74 Å². The Morgan fingerprint density at radius 1 is 1.44 bits per heavy atom. The molecule has 0 radical (unpaired) electrons. The average Bonchev–Trinajstić information content (AvgIpc) is 2.86. The molecule has 1 heterocycles. The van der Waals surface area contributed by atoms with Crippen LogP contribution in [0, 0.1) is 5.92 Å². The third-order valence-electron chi connectivity index (χ3n) is 3.60. The Labute approximate surface area is 95.9 Å². The molecule has 1 saturated heterocycles. The Morgan fingerprint density at radius 3 is 2.69 bits per heavy atom. The van der Waals surface area contributed by atoms with Gasteiger partial charge in [-0.25, -0.2) is 9.69 Å². The second-order valence-corrected chi connectivity index (χ2v) is 4.88. The van der Waals surface area contributed by atoms with Gasteiger partial charge in [0.1, 0.15) is 6.61 Å². The molecule has 4 heteroatoms. The lowest BCUT2D eigenvalue weighted by molar-refractivity contribution is -0.129. The summed E-state index contributed by atoms with van der Waals surface area (Å²) in [6, 6.07) is -0.0939. The van der Waals surface area contributed by atoms with E-state index in [2.05, 4.69) is 0 Å². The van der Waals surface area contributed by atoms with Crippen molar-refractivity contribution >= 4 is 12.0 Å². The first-order chi connectivity index (χ1) is 7.68. The molecular weight excluding hydrogens is 206 g/mol. The highest BCUT2D eigenvalue weighted by Crippen LogP contribution is 2.29. The Morgan fingerprint density at radius 2 is 2.12 bits per heavy atom. The average molecular weight is 225 g/mol. The summed E-state index contributed by atoms with van der Waals surface area (Å²) in [6.07, 6.45) is 6.02. The standard InChI is InChI=1S/C12H19NO3/c1-9-8-16-12(15)13(9)11(14)7-6-10-4-2-3-5-10/h9-10H,2-8H2,1H3. The van der Waals surface area contributed by atoms with E-state index in [1.807, 2.05) is 6.92 Å². The summed E-state index contributed by atoms with van der Waals surface area (Å²) in [4.78, 5) is 24.4. The van der Waals surface area contributed by atoms with E-state index in [1.165, 1.54) is 30.6 Å². The lowest BCUT2D eigenvalue weighted by atomic mass is 10.0. The van der Waals surface area contributed by atoms with E-state index >= 15 is 0 Å². The predicted octanol–water partition coefficient (Wildman–Crippen LogP) is 2.32. The highest BCUT2D eigenvalue weighted by Gasteiger charge is 2.34. The maximum absolute atomic E-state index is 11.8. The van der Waals surface area contributed by atoms with E-state index in [0.29, 0.717) is 18.9 Å². The Balaban J connectivity index is 1.80. The zero-order valence-electron chi connectivity index (χ0n) is 9.78. The first-order valence-corrected chi connectivity index (χ1v) is 6.17. The third kappa shape index (κ3) is 2.36. The van der Waals surface area contributed by atoms with Crippen molar-refractivity contribution in [3.8, 4) is 0 Å². The summed E-state index contributed by atoms with van der Waals surface area (Å²) < 4.78 is 4.84. The molecule has 4 nitrogen and oxygen atoms in total. The summed E-state index contributed by atoms with van der Waals surface area (Å²) in [7, 11) is 0. The van der Waals surface area contributed by atoms with Crippen molar-refractivity contribution in [2.45, 2.75) is 51.5 Å². The maximum Gasteiger partial charge on any atom is 0.416 e. The van der Waals surface area contributed by atoms with Gasteiger partial charge in [-0.05, 0) is 19.3 Å². The topological polar surface area (TPSA) is 46.6 Å². The summed E-state index contributed by atoms with van der Waals surface area (Å²) in [5.41, 5.74) is 0. The lowest BCUT2D eigenvalue weighted by Gasteiger charge is -2.16. The van der Waals surface area contributed by atoms with E-state index in [1.54, 1.807) is 0 Å². The molecule has 0 aromatic rings. The van der Waals surface area contributed by atoms with Crippen LogP contribution in [0.25, 0.3) is 0 Å². The van der Waals surface area contributed by atoms with E-state index in [9.17, 15) is 9.59 Å². The highest BCUT2D eigenvalue weighted by atomic mass is 16.6. The molecule has 1 saturated carbocycles. The molecule has 0 aromatic heterocycles. The Kier molecular flexibility index (Phi) is 3.46. The fraction of sp³-hybridized carbons (Fsp3) is 0.833. The molecule has 1 aliphatic carbocycles. The molecule has 1 unspecified atom stereocenters. The number of nitrogens with zero attached hydrogens (tertiary/aromatic N) is 1. The van der Waals surface area contributed by atoms with Crippen molar-refractivity contribution in [1.82, 2.24) is 4.90 Å². The summed E-state index contributed by atoms with van der Waals surface area (Å²) in [6.45, 7) is 2.19. The molecule has 16 heavy (non-hydrogen) atoms. The number of carbonyl (C=O) groups excluding carboxylic acids is 2. The zero-order valence-corrected chi connectivity index (χ0v) is 9.78. The second kappa shape index (κ2) is 4.85. The van der Waals surface area contributed by atoms with Gasteiger partial charge < -0.3 is 4.74 Å². The van der Waals surface area contributed by atoms with E-state index in [-0.39, 0.29) is 11.9 Å². The minimum atomic E-state index is -0.469. The number of imide groups is 1. The first-order valence-electron chi connectivity index (χ1n) is 6.17. The summed E-state index contributed by atoms with van der Waals surface area (Å²) in [5, 5.41) is 0. The Hall–Kier alpha value is -1.06. The van der Waals surface area contributed by atoms with Crippen LogP contribution in [0.2, 0.25) is 0 Å². The van der Waals surface area contributed by atoms with Gasteiger partial charge in [0.2, 0.25) is 5.91 Å². The molecule has 0 bridgehead atoms. The van der Waals surface area contributed by atoms with Crippen LogP contribution in [0.15, 0.2) is 0 Å². The number of amides is 2. The summed E-state index contributed by atoms with van der Waals surface area (Å²) in [5.74, 6) is 0.625. The predicted molar refractivity (Wildman–Crippen MR) is 58.8 cm³/mol. The largest absolute Gasteiger partial charge is 0.447 e. The molecule has 1 atom stereocenters. The molecule has 2 rings (SSSR count). The number of cyclic esters (lactones) is 1. The smallest absolute Gasteiger partial charge is 0.416 e. The lowest BCUT2D eigenvalue weighted by Crippen LogP contribution is -2.37. The van der Waals surface area contributed by atoms with Crippen molar-refractivity contribution < 1.29 is 14.3 Å². The van der Waals surface area contributed by atoms with Crippen LogP contribution in [0.4, 0.5) is 4.79 Å². The summed E-state index contributed by atoms with van der Waals surface area (Å²) >= 11 is 0. The van der Waals surface area contributed by atoms with Crippen LogP contribution in [-0.2, 0) is 9.53 Å². The van der Waals surface area contributed by atoms with Gasteiger partial charge in [0.05, 0.1) is 6.04 Å². The highest BCUT2D eigenvalue weighted by molar-refractivity contribution is 5.93. The third-order valence-corrected chi connectivity index (χ3v) is 3.60. The van der Waals surface area contributed by atoms with Gasteiger partial charge in [0, 0.05) is 6.42 Å². The van der Waals surface area contributed by atoms with Gasteiger partial charge >= 0.3 is 6.09 Å². The first kappa shape index (κ1) is 11.4. The van der Waals surface area contributed by atoms with Gasteiger partial charge in [-0.3, -0.25) is 4.79 Å². The minimum Gasteiger partial charge on any atom is -0.447 e. The van der Waals surface area contributed by atoms with Gasteiger partial charge in [-0.2, -0.15) is 0 Å². The van der Waals surface area contributed by atoms with Crippen LogP contribution in [0.3, 0.4) is 0 Å². The molecule has 2 fully saturated rings. The fourth-order valence-electron chi connectivity index (χ4n) is 2.61. The van der Waals surface area contributed by atoms with Crippen LogP contribution in [0.1, 0.15) is 45.4 Å². The van der Waals surface area contributed by atoms with Crippen molar-refractivity contribution in [1.29, 1.82) is 0 Å². The van der Waals surface area contributed by atoms with Crippen LogP contribution in [-0.4, -0.2) is 29.5 Å². The van der Waals surface area contributed by atoms with Gasteiger partial charge in [-0.1, -0.05) is 25.7 Å². The van der Waals surface area contributed by atoms with Crippen molar-refractivity contribution in [3.63, 3.8) is 0 Å². The van der Waals surface area contributed by atoms with Gasteiger partial charge in [-0.15, -0.1) is 0 Å². The molecule has 2 aliphatic rings. The molecule has 2 amide bonds. The van der Waals surface area contributed by atoms with Crippen molar-refractivity contribution in [2.24, 2.45) is 5.92 Å². The van der Waals surface area contributed by atoms with Crippen LogP contribution < -0.4 is 0 Å². The monoisotopic (exact) mass is 225 g/mol. The van der Waals surface area contributed by atoms with Crippen LogP contribution in [0.5, 0.6) is 0 Å². The number of hydrogen-bond acceptors (Lipinski definition) is 3. The van der Waals surface area contributed by atoms with Gasteiger partial charge in [0.25, 0.3) is 0 Å².